The maximum Gasteiger partial charge on any atom is 0.0947 e. The Bertz CT molecular complexity index is 572. The molecule has 108 valence electrons. The van der Waals surface area contributed by atoms with Gasteiger partial charge in [-0.2, -0.15) is 0 Å². The zero-order valence-corrected chi connectivity index (χ0v) is 14.8. The second kappa shape index (κ2) is 6.37. The van der Waals surface area contributed by atoms with Gasteiger partial charge in [0.15, 0.2) is 0 Å². The van der Waals surface area contributed by atoms with Gasteiger partial charge in [-0.25, -0.2) is 4.98 Å². The quantitative estimate of drug-likeness (QED) is 0.861. The number of likely N-dealkylation sites (N-methyl/N-ethyl adjacent to an activating group) is 1. The summed E-state index contributed by atoms with van der Waals surface area (Å²) in [7, 11) is 2.00. The first kappa shape index (κ1) is 15.7. The van der Waals surface area contributed by atoms with Gasteiger partial charge >= 0.3 is 0 Å². The fourth-order valence-corrected chi connectivity index (χ4v) is 3.68. The van der Waals surface area contributed by atoms with E-state index in [1.165, 1.54) is 16.3 Å². The van der Waals surface area contributed by atoms with E-state index in [2.05, 4.69) is 65.6 Å². The summed E-state index contributed by atoms with van der Waals surface area (Å²) in [5.74, 6) is 0. The summed E-state index contributed by atoms with van der Waals surface area (Å²) in [4.78, 5) is 4.79. The van der Waals surface area contributed by atoms with Crippen LogP contribution < -0.4 is 5.32 Å². The van der Waals surface area contributed by atoms with Crippen molar-refractivity contribution in [2.75, 3.05) is 7.05 Å². The molecule has 4 heteroatoms. The second-order valence-electron chi connectivity index (χ2n) is 5.94. The highest BCUT2D eigenvalue weighted by Gasteiger charge is 2.19. The van der Waals surface area contributed by atoms with Crippen LogP contribution in [0.2, 0.25) is 0 Å². The molecule has 1 heterocycles. The zero-order chi connectivity index (χ0) is 14.8. The third kappa shape index (κ3) is 3.68. The summed E-state index contributed by atoms with van der Waals surface area (Å²) in [6.45, 7) is 6.61. The molecule has 0 saturated carbocycles. The Morgan fingerprint density at radius 1 is 1.30 bits per heavy atom. The van der Waals surface area contributed by atoms with Crippen LogP contribution in [-0.2, 0) is 11.8 Å². The smallest absolute Gasteiger partial charge is 0.0947 e. The molecule has 0 aliphatic heterocycles. The summed E-state index contributed by atoms with van der Waals surface area (Å²) in [6, 6.07) is 8.64. The predicted molar refractivity (Wildman–Crippen MR) is 90.5 cm³/mol. The van der Waals surface area contributed by atoms with Gasteiger partial charge < -0.3 is 5.32 Å². The van der Waals surface area contributed by atoms with Gasteiger partial charge in [-0.1, -0.05) is 54.9 Å². The lowest BCUT2D eigenvalue weighted by Gasteiger charge is -2.17. The summed E-state index contributed by atoms with van der Waals surface area (Å²) in [5.41, 5.74) is 2.58. The van der Waals surface area contributed by atoms with Crippen LogP contribution in [-0.4, -0.2) is 12.0 Å². The molecule has 2 nitrogen and oxygen atoms in total. The van der Waals surface area contributed by atoms with Gasteiger partial charge in [-0.3, -0.25) is 0 Å². The molecule has 0 fully saturated rings. The maximum atomic E-state index is 4.79. The molecule has 0 amide bonds. The third-order valence-corrected chi connectivity index (χ3v) is 4.92. The maximum absolute atomic E-state index is 4.79. The number of hydrogen-bond acceptors (Lipinski definition) is 3. The molecule has 1 N–H and O–H groups in total. The minimum Gasteiger partial charge on any atom is -0.313 e. The summed E-state index contributed by atoms with van der Waals surface area (Å²) < 4.78 is 1.15. The van der Waals surface area contributed by atoms with Gasteiger partial charge in [-0.15, -0.1) is 11.3 Å². The lowest BCUT2D eigenvalue weighted by atomic mass is 9.93. The average molecular weight is 353 g/mol. The number of halogens is 1. The summed E-state index contributed by atoms with van der Waals surface area (Å²) >= 11 is 5.39. The monoisotopic (exact) mass is 352 g/mol. The molecular weight excluding hydrogens is 332 g/mol. The van der Waals surface area contributed by atoms with Crippen LogP contribution in [0.5, 0.6) is 0 Å². The minimum absolute atomic E-state index is 0.122. The van der Waals surface area contributed by atoms with Gasteiger partial charge in [0.05, 0.1) is 10.7 Å². The van der Waals surface area contributed by atoms with E-state index in [1.54, 1.807) is 11.3 Å². The first-order valence-corrected chi connectivity index (χ1v) is 8.45. The van der Waals surface area contributed by atoms with E-state index in [4.69, 9.17) is 4.98 Å². The molecule has 0 saturated heterocycles. The van der Waals surface area contributed by atoms with Crippen LogP contribution in [0, 0.1) is 0 Å². The van der Waals surface area contributed by atoms with Crippen molar-refractivity contribution in [1.29, 1.82) is 0 Å². The normalized spacial score (nSPS) is 13.4. The number of benzene rings is 1. The van der Waals surface area contributed by atoms with Crippen LogP contribution in [0.4, 0.5) is 0 Å². The number of thiazole rings is 1. The molecule has 2 aromatic rings. The van der Waals surface area contributed by atoms with Crippen LogP contribution >= 0.6 is 27.3 Å². The second-order valence-corrected chi connectivity index (χ2v) is 7.74. The van der Waals surface area contributed by atoms with Crippen LogP contribution in [0.15, 0.2) is 34.1 Å². The highest BCUT2D eigenvalue weighted by atomic mass is 79.9. The van der Waals surface area contributed by atoms with Crippen molar-refractivity contribution in [1.82, 2.24) is 10.3 Å². The number of nitrogens with zero attached hydrogens (tertiary/aromatic N) is 1. The molecule has 1 aromatic carbocycles. The van der Waals surface area contributed by atoms with E-state index in [9.17, 15) is 0 Å². The molecule has 1 atom stereocenters. The Labute approximate surface area is 133 Å². The number of hydrogen-bond donors (Lipinski definition) is 1. The lowest BCUT2D eigenvalue weighted by molar-refractivity contribution is 0.559. The largest absolute Gasteiger partial charge is 0.313 e. The van der Waals surface area contributed by atoms with E-state index in [-0.39, 0.29) is 11.5 Å². The average Bonchev–Trinajstić information content (AvgIpc) is 2.85. The first-order chi connectivity index (χ1) is 9.41. The van der Waals surface area contributed by atoms with Crippen molar-refractivity contribution < 1.29 is 0 Å². The Morgan fingerprint density at radius 2 is 2.00 bits per heavy atom. The van der Waals surface area contributed by atoms with Gasteiger partial charge in [-0.05, 0) is 18.7 Å². The van der Waals surface area contributed by atoms with Gasteiger partial charge in [0, 0.05) is 27.7 Å². The minimum atomic E-state index is 0.122. The molecule has 0 radical (unpaired) electrons. The third-order valence-electron chi connectivity index (χ3n) is 3.33. The molecule has 2 rings (SSSR count). The van der Waals surface area contributed by atoms with E-state index < -0.39 is 0 Å². The van der Waals surface area contributed by atoms with Crippen molar-refractivity contribution in [3.8, 4) is 0 Å². The summed E-state index contributed by atoms with van der Waals surface area (Å²) in [5, 5.41) is 6.76. The molecule has 0 aliphatic carbocycles. The zero-order valence-electron chi connectivity index (χ0n) is 12.4. The fraction of sp³-hybridized carbons (Fsp3) is 0.438. The molecule has 0 aliphatic rings. The van der Waals surface area contributed by atoms with E-state index in [0.29, 0.717) is 0 Å². The predicted octanol–water partition coefficient (Wildman–Crippen LogP) is 4.71. The van der Waals surface area contributed by atoms with Crippen molar-refractivity contribution in [3.05, 3.63) is 50.4 Å². The molecule has 1 unspecified atom stereocenters. The van der Waals surface area contributed by atoms with Crippen molar-refractivity contribution >= 4 is 27.3 Å². The molecule has 0 spiro atoms. The van der Waals surface area contributed by atoms with E-state index >= 15 is 0 Å². The van der Waals surface area contributed by atoms with Gasteiger partial charge in [0.25, 0.3) is 0 Å². The molecule has 20 heavy (non-hydrogen) atoms. The highest BCUT2D eigenvalue weighted by Crippen LogP contribution is 2.29. The topological polar surface area (TPSA) is 24.9 Å². The Balaban J connectivity index is 2.19. The first-order valence-electron chi connectivity index (χ1n) is 6.78. The Morgan fingerprint density at radius 3 is 2.55 bits per heavy atom. The summed E-state index contributed by atoms with van der Waals surface area (Å²) in [6.07, 6.45) is 0.917. The van der Waals surface area contributed by atoms with Gasteiger partial charge in [0.2, 0.25) is 0 Å². The number of aromatic nitrogens is 1. The number of nitrogens with one attached hydrogen (secondary N) is 1. The SMILES string of the molecule is CNC(Cc1nc(C(C)(C)C)cs1)c1ccccc1Br. The molecular formula is C16H21BrN2S. The highest BCUT2D eigenvalue weighted by molar-refractivity contribution is 9.10. The standard InChI is InChI=1S/C16H21BrN2S/c1-16(2,3)14-10-20-15(19-14)9-13(18-4)11-7-5-6-8-12(11)17/h5-8,10,13,18H,9H2,1-4H3. The number of rotatable bonds is 4. The van der Waals surface area contributed by atoms with E-state index in [0.717, 1.165) is 10.9 Å². The van der Waals surface area contributed by atoms with Crippen LogP contribution in [0.3, 0.4) is 0 Å². The Hall–Kier alpha value is -0.710. The fourth-order valence-electron chi connectivity index (χ4n) is 2.05. The van der Waals surface area contributed by atoms with E-state index in [1.807, 2.05) is 13.1 Å². The van der Waals surface area contributed by atoms with Gasteiger partial charge in [0.1, 0.15) is 0 Å². The van der Waals surface area contributed by atoms with Crippen molar-refractivity contribution in [3.63, 3.8) is 0 Å². The molecule has 0 bridgehead atoms. The van der Waals surface area contributed by atoms with Crippen molar-refractivity contribution in [2.45, 2.75) is 38.6 Å². The Kier molecular flexibility index (Phi) is 4.99. The lowest BCUT2D eigenvalue weighted by Crippen LogP contribution is -2.19. The van der Waals surface area contributed by atoms with Crippen molar-refractivity contribution in [2.24, 2.45) is 0 Å². The van der Waals surface area contributed by atoms with Crippen LogP contribution in [0.1, 0.15) is 43.1 Å². The van der Waals surface area contributed by atoms with Crippen LogP contribution in [0.25, 0.3) is 0 Å². The molecule has 1 aromatic heterocycles.